The van der Waals surface area contributed by atoms with Crippen molar-refractivity contribution in [2.75, 3.05) is 32.1 Å². The van der Waals surface area contributed by atoms with E-state index in [1.54, 1.807) is 0 Å². The summed E-state index contributed by atoms with van der Waals surface area (Å²) < 4.78 is 18.6. The van der Waals surface area contributed by atoms with Gasteiger partial charge < -0.3 is 9.64 Å². The van der Waals surface area contributed by atoms with Crippen molar-refractivity contribution in [2.45, 2.75) is 6.42 Å². The number of likely N-dealkylation sites (tertiary alicyclic amines) is 1. The molecule has 1 fully saturated rings. The number of hydrogen-bond acceptors (Lipinski definition) is 3. The zero-order valence-corrected chi connectivity index (χ0v) is 12.2. The van der Waals surface area contributed by atoms with E-state index in [4.69, 9.17) is 4.74 Å². The van der Waals surface area contributed by atoms with Crippen LogP contribution in [0.25, 0.3) is 0 Å². The summed E-state index contributed by atoms with van der Waals surface area (Å²) in [4.78, 5) is 13.8. The molecule has 1 aromatic rings. The molecule has 1 atom stereocenters. The zero-order valence-electron chi connectivity index (χ0n) is 10.7. The van der Waals surface area contributed by atoms with E-state index < -0.39 is 6.09 Å². The molecule has 0 aliphatic carbocycles. The lowest BCUT2D eigenvalue weighted by atomic mass is 10.1. The number of amides is 1. The van der Waals surface area contributed by atoms with Gasteiger partial charge in [0.25, 0.3) is 0 Å². The summed E-state index contributed by atoms with van der Waals surface area (Å²) in [6, 6.07) is 4.07. The van der Waals surface area contributed by atoms with Gasteiger partial charge in [0, 0.05) is 16.9 Å². The first kappa shape index (κ1) is 14.3. The van der Waals surface area contributed by atoms with Crippen molar-refractivity contribution >= 4 is 27.7 Å². The molecule has 1 aromatic carbocycles. The van der Waals surface area contributed by atoms with Gasteiger partial charge in [-0.25, -0.2) is 9.18 Å². The number of rotatable bonds is 3. The number of nitrogens with zero attached hydrogens (tertiary/aromatic N) is 1. The van der Waals surface area contributed by atoms with Crippen LogP contribution in [0.2, 0.25) is 0 Å². The summed E-state index contributed by atoms with van der Waals surface area (Å²) in [5.41, 5.74) is 0.495. The molecular weight excluding hydrogens is 315 g/mol. The summed E-state index contributed by atoms with van der Waals surface area (Å²) in [6.45, 7) is 2.40. The molecule has 0 aromatic heterocycles. The number of carbonyl (C=O) groups is 1. The van der Waals surface area contributed by atoms with Crippen molar-refractivity contribution in [3.05, 3.63) is 28.5 Å². The molecule has 6 heteroatoms. The monoisotopic (exact) mass is 330 g/mol. The van der Waals surface area contributed by atoms with Gasteiger partial charge in [0.15, 0.2) is 0 Å². The average molecular weight is 331 g/mol. The highest BCUT2D eigenvalue weighted by molar-refractivity contribution is 9.10. The lowest BCUT2D eigenvalue weighted by Crippen LogP contribution is -2.21. The zero-order chi connectivity index (χ0) is 13.8. The fraction of sp³-hybridized carbons (Fsp3) is 0.462. The number of benzene rings is 1. The Kier molecular flexibility index (Phi) is 4.76. The molecule has 1 aliphatic rings. The lowest BCUT2D eigenvalue weighted by Gasteiger charge is -2.12. The minimum Gasteiger partial charge on any atom is -0.449 e. The van der Waals surface area contributed by atoms with Gasteiger partial charge in [0.05, 0.1) is 12.3 Å². The number of hydrogen-bond donors (Lipinski definition) is 1. The van der Waals surface area contributed by atoms with Crippen molar-refractivity contribution in [2.24, 2.45) is 5.92 Å². The Hall–Kier alpha value is -1.14. The Balaban J connectivity index is 1.81. The van der Waals surface area contributed by atoms with Crippen molar-refractivity contribution in [3.63, 3.8) is 0 Å². The van der Waals surface area contributed by atoms with Crippen LogP contribution in [-0.4, -0.2) is 37.7 Å². The summed E-state index contributed by atoms with van der Waals surface area (Å²) >= 11 is 3.18. The molecule has 19 heavy (non-hydrogen) atoms. The molecule has 1 aliphatic heterocycles. The fourth-order valence-corrected chi connectivity index (χ4v) is 2.54. The highest BCUT2D eigenvalue weighted by atomic mass is 79.9. The molecule has 4 nitrogen and oxygen atoms in total. The van der Waals surface area contributed by atoms with Gasteiger partial charge in [0.1, 0.15) is 5.82 Å². The predicted octanol–water partition coefficient (Wildman–Crippen LogP) is 3.09. The number of carbonyl (C=O) groups excluding carboxylic acids is 1. The highest BCUT2D eigenvalue weighted by Crippen LogP contribution is 2.23. The molecule has 1 saturated heterocycles. The Morgan fingerprint density at radius 2 is 2.42 bits per heavy atom. The quantitative estimate of drug-likeness (QED) is 0.925. The second kappa shape index (κ2) is 6.34. The van der Waals surface area contributed by atoms with Crippen LogP contribution in [0.15, 0.2) is 22.7 Å². The minimum atomic E-state index is -0.512. The van der Waals surface area contributed by atoms with E-state index in [1.165, 1.54) is 18.2 Å². The van der Waals surface area contributed by atoms with E-state index in [9.17, 15) is 9.18 Å². The van der Waals surface area contributed by atoms with E-state index in [0.29, 0.717) is 22.7 Å². The van der Waals surface area contributed by atoms with Crippen molar-refractivity contribution in [3.8, 4) is 0 Å². The first-order valence-electron chi connectivity index (χ1n) is 6.12. The number of ether oxygens (including phenoxy) is 1. The first-order valence-corrected chi connectivity index (χ1v) is 6.91. The molecule has 0 unspecified atom stereocenters. The highest BCUT2D eigenvalue weighted by Gasteiger charge is 2.20. The van der Waals surface area contributed by atoms with Crippen LogP contribution < -0.4 is 5.32 Å². The van der Waals surface area contributed by atoms with Gasteiger partial charge in [0.2, 0.25) is 0 Å². The van der Waals surface area contributed by atoms with Crippen LogP contribution in [0.5, 0.6) is 0 Å². The molecule has 1 heterocycles. The van der Waals surface area contributed by atoms with Crippen molar-refractivity contribution < 1.29 is 13.9 Å². The maximum absolute atomic E-state index is 12.9. The summed E-state index contributed by atoms with van der Waals surface area (Å²) in [6.07, 6.45) is 0.533. The summed E-state index contributed by atoms with van der Waals surface area (Å²) in [7, 11) is 2.05. The minimum absolute atomic E-state index is 0.361. The Morgan fingerprint density at radius 3 is 3.05 bits per heavy atom. The van der Waals surface area contributed by atoms with Crippen LogP contribution >= 0.6 is 15.9 Å². The average Bonchev–Trinajstić information content (AvgIpc) is 2.76. The van der Waals surface area contributed by atoms with Gasteiger partial charge in [-0.2, -0.15) is 0 Å². The van der Waals surface area contributed by atoms with Crippen LogP contribution in [0.4, 0.5) is 14.9 Å². The normalized spacial score (nSPS) is 19.4. The van der Waals surface area contributed by atoms with Gasteiger partial charge in [-0.05, 0) is 54.1 Å². The molecule has 2 rings (SSSR count). The molecule has 1 N–H and O–H groups in total. The van der Waals surface area contributed by atoms with E-state index in [1.807, 2.05) is 0 Å². The van der Waals surface area contributed by atoms with Crippen molar-refractivity contribution in [1.82, 2.24) is 4.90 Å². The lowest BCUT2D eigenvalue weighted by molar-refractivity contribution is 0.142. The van der Waals surface area contributed by atoms with Gasteiger partial charge in [-0.3, -0.25) is 5.32 Å². The molecule has 0 radical (unpaired) electrons. The SMILES string of the molecule is CN1CC[C@@H](COC(=O)Nc2ccc(F)cc2Br)C1. The summed E-state index contributed by atoms with van der Waals surface area (Å²) in [5, 5.41) is 2.58. The molecule has 1 amide bonds. The van der Waals surface area contributed by atoms with Crippen LogP contribution in [0.1, 0.15) is 6.42 Å². The van der Waals surface area contributed by atoms with Gasteiger partial charge in [-0.15, -0.1) is 0 Å². The van der Waals surface area contributed by atoms with E-state index in [-0.39, 0.29) is 5.82 Å². The number of anilines is 1. The van der Waals surface area contributed by atoms with E-state index in [2.05, 4.69) is 33.2 Å². The standard InChI is InChI=1S/C13H16BrFN2O2/c1-17-5-4-9(7-17)8-19-13(18)16-12-3-2-10(15)6-11(12)14/h2-3,6,9H,4-5,7-8H2,1H3,(H,16,18)/t9-/m1/s1. The molecular formula is C13H16BrFN2O2. The Morgan fingerprint density at radius 1 is 1.63 bits per heavy atom. The van der Waals surface area contributed by atoms with E-state index >= 15 is 0 Å². The Labute approximate surface area is 120 Å². The molecule has 0 spiro atoms. The Bertz CT molecular complexity index is 470. The number of halogens is 2. The topological polar surface area (TPSA) is 41.6 Å². The third-order valence-electron chi connectivity index (χ3n) is 3.11. The van der Waals surface area contributed by atoms with Crippen LogP contribution in [0.3, 0.4) is 0 Å². The molecule has 104 valence electrons. The molecule has 0 saturated carbocycles. The molecule has 0 bridgehead atoms. The van der Waals surface area contributed by atoms with Gasteiger partial charge in [-0.1, -0.05) is 0 Å². The van der Waals surface area contributed by atoms with E-state index in [0.717, 1.165) is 19.5 Å². The fourth-order valence-electron chi connectivity index (χ4n) is 2.09. The van der Waals surface area contributed by atoms with Crippen molar-refractivity contribution in [1.29, 1.82) is 0 Å². The largest absolute Gasteiger partial charge is 0.449 e. The summed E-state index contributed by atoms with van der Waals surface area (Å²) in [5.74, 6) is 0.0344. The maximum Gasteiger partial charge on any atom is 0.411 e. The second-order valence-corrected chi connectivity index (χ2v) is 5.62. The smallest absolute Gasteiger partial charge is 0.411 e. The third-order valence-corrected chi connectivity index (χ3v) is 3.76. The van der Waals surface area contributed by atoms with Crippen LogP contribution in [0, 0.1) is 11.7 Å². The maximum atomic E-state index is 12.9. The predicted molar refractivity (Wildman–Crippen MR) is 74.7 cm³/mol. The third kappa shape index (κ3) is 4.18. The van der Waals surface area contributed by atoms with Gasteiger partial charge >= 0.3 is 6.09 Å². The first-order chi connectivity index (χ1) is 9.04. The van der Waals surface area contributed by atoms with Crippen LogP contribution in [-0.2, 0) is 4.74 Å². The second-order valence-electron chi connectivity index (χ2n) is 4.76. The number of nitrogens with one attached hydrogen (secondary N) is 1.